The number of nitrogens with one attached hydrogen (secondary N) is 1. The smallest absolute Gasteiger partial charge is 0.0794 e. The van der Waals surface area contributed by atoms with Crippen LogP contribution in [0, 0.1) is 0 Å². The molecule has 0 bridgehead atoms. The highest BCUT2D eigenvalue weighted by Crippen LogP contribution is 2.28. The second-order valence-electron chi connectivity index (χ2n) is 6.01. The predicted molar refractivity (Wildman–Crippen MR) is 88.4 cm³/mol. The lowest BCUT2D eigenvalue weighted by molar-refractivity contribution is 0.0772. The van der Waals surface area contributed by atoms with E-state index >= 15 is 0 Å². The van der Waals surface area contributed by atoms with Crippen molar-refractivity contribution in [2.75, 3.05) is 13.1 Å². The van der Waals surface area contributed by atoms with Crippen LogP contribution in [0.3, 0.4) is 0 Å². The standard InChI is InChI=1S/C17H23N3S/c1-3-15-9-19-17(2,14-7-5-4-6-8-14)12-20(15)11-16-10-18-13-21-16/h4-8,10,13,15,19H,3,9,11-12H2,1-2H3. The molecule has 0 saturated carbocycles. The van der Waals surface area contributed by atoms with Gasteiger partial charge in [-0.1, -0.05) is 37.3 Å². The Kier molecular flexibility index (Phi) is 4.38. The summed E-state index contributed by atoms with van der Waals surface area (Å²) in [4.78, 5) is 8.17. The molecular formula is C17H23N3S. The first-order valence-corrected chi connectivity index (χ1v) is 8.51. The van der Waals surface area contributed by atoms with Crippen LogP contribution in [0.25, 0.3) is 0 Å². The number of nitrogens with zero attached hydrogens (tertiary/aromatic N) is 2. The van der Waals surface area contributed by atoms with Crippen molar-refractivity contribution in [2.45, 2.75) is 38.4 Å². The van der Waals surface area contributed by atoms with Gasteiger partial charge in [0.15, 0.2) is 0 Å². The van der Waals surface area contributed by atoms with Crippen LogP contribution in [-0.4, -0.2) is 29.0 Å². The zero-order chi connectivity index (χ0) is 14.7. The van der Waals surface area contributed by atoms with E-state index in [0.717, 1.165) is 19.6 Å². The highest BCUT2D eigenvalue weighted by atomic mass is 32.1. The molecule has 0 radical (unpaired) electrons. The van der Waals surface area contributed by atoms with Crippen molar-refractivity contribution in [2.24, 2.45) is 0 Å². The van der Waals surface area contributed by atoms with Crippen molar-refractivity contribution in [3.8, 4) is 0 Å². The minimum absolute atomic E-state index is 0.0254. The molecule has 2 unspecified atom stereocenters. The highest BCUT2D eigenvalue weighted by Gasteiger charge is 2.36. The SMILES string of the molecule is CCC1CNC(C)(c2ccccc2)CN1Cc1cncs1. The molecule has 1 aromatic heterocycles. The van der Waals surface area contributed by atoms with E-state index in [9.17, 15) is 0 Å². The summed E-state index contributed by atoms with van der Waals surface area (Å²) in [5.74, 6) is 0. The Labute approximate surface area is 131 Å². The van der Waals surface area contributed by atoms with E-state index in [4.69, 9.17) is 0 Å². The van der Waals surface area contributed by atoms with Crippen LogP contribution < -0.4 is 5.32 Å². The second-order valence-corrected chi connectivity index (χ2v) is 6.98. The van der Waals surface area contributed by atoms with Gasteiger partial charge in [-0.15, -0.1) is 11.3 Å². The largest absolute Gasteiger partial charge is 0.305 e. The van der Waals surface area contributed by atoms with Gasteiger partial charge in [0.05, 0.1) is 11.0 Å². The van der Waals surface area contributed by atoms with Crippen molar-refractivity contribution in [1.82, 2.24) is 15.2 Å². The molecule has 2 heterocycles. The van der Waals surface area contributed by atoms with Crippen molar-refractivity contribution in [3.63, 3.8) is 0 Å². The fourth-order valence-corrected chi connectivity index (χ4v) is 3.79. The molecule has 21 heavy (non-hydrogen) atoms. The van der Waals surface area contributed by atoms with Crippen molar-refractivity contribution in [3.05, 3.63) is 52.5 Å². The normalized spacial score (nSPS) is 26.9. The fraction of sp³-hybridized carbons (Fsp3) is 0.471. The Morgan fingerprint density at radius 3 is 2.86 bits per heavy atom. The lowest BCUT2D eigenvalue weighted by Gasteiger charge is -2.46. The van der Waals surface area contributed by atoms with Gasteiger partial charge in [-0.05, 0) is 18.9 Å². The number of piperazine rings is 1. The highest BCUT2D eigenvalue weighted by molar-refractivity contribution is 7.09. The average Bonchev–Trinajstić information content (AvgIpc) is 3.01. The van der Waals surface area contributed by atoms with E-state index in [2.05, 4.69) is 59.4 Å². The first-order valence-electron chi connectivity index (χ1n) is 7.63. The van der Waals surface area contributed by atoms with E-state index in [-0.39, 0.29) is 5.54 Å². The summed E-state index contributed by atoms with van der Waals surface area (Å²) >= 11 is 1.75. The summed E-state index contributed by atoms with van der Waals surface area (Å²) in [6.45, 7) is 7.67. The fourth-order valence-electron chi connectivity index (χ4n) is 3.17. The maximum absolute atomic E-state index is 4.21. The maximum Gasteiger partial charge on any atom is 0.0794 e. The van der Waals surface area contributed by atoms with Crippen molar-refractivity contribution in [1.29, 1.82) is 0 Å². The van der Waals surface area contributed by atoms with Crippen LogP contribution in [0.1, 0.15) is 30.7 Å². The Morgan fingerprint density at radius 2 is 2.19 bits per heavy atom. The van der Waals surface area contributed by atoms with Crippen LogP contribution in [0.4, 0.5) is 0 Å². The van der Waals surface area contributed by atoms with Gasteiger partial charge in [0, 0.05) is 36.8 Å². The molecular weight excluding hydrogens is 278 g/mol. The Bertz CT molecular complexity index is 555. The Morgan fingerprint density at radius 1 is 1.38 bits per heavy atom. The predicted octanol–water partition coefficient (Wildman–Crippen LogP) is 3.24. The molecule has 0 spiro atoms. The summed E-state index contributed by atoms with van der Waals surface area (Å²) in [6.07, 6.45) is 3.18. The molecule has 0 aliphatic carbocycles. The zero-order valence-corrected chi connectivity index (χ0v) is 13.6. The summed E-state index contributed by atoms with van der Waals surface area (Å²) < 4.78 is 0. The minimum Gasteiger partial charge on any atom is -0.305 e. The molecule has 3 rings (SSSR count). The molecule has 1 N–H and O–H groups in total. The lowest BCUT2D eigenvalue weighted by Crippen LogP contribution is -2.60. The molecule has 2 aromatic rings. The molecule has 1 aliphatic heterocycles. The second kappa shape index (κ2) is 6.26. The minimum atomic E-state index is 0.0254. The van der Waals surface area contributed by atoms with Crippen molar-refractivity contribution < 1.29 is 0 Å². The summed E-state index contributed by atoms with van der Waals surface area (Å²) in [7, 11) is 0. The van der Waals surface area contributed by atoms with Crippen LogP contribution in [0.2, 0.25) is 0 Å². The van der Waals surface area contributed by atoms with Gasteiger partial charge in [0.2, 0.25) is 0 Å². The summed E-state index contributed by atoms with van der Waals surface area (Å²) in [5, 5.41) is 3.77. The van der Waals surface area contributed by atoms with Crippen LogP contribution in [0.5, 0.6) is 0 Å². The molecule has 4 heteroatoms. The van der Waals surface area contributed by atoms with Gasteiger partial charge >= 0.3 is 0 Å². The van der Waals surface area contributed by atoms with E-state index in [1.807, 2.05) is 11.7 Å². The zero-order valence-electron chi connectivity index (χ0n) is 12.7. The third-order valence-corrected chi connectivity index (χ3v) is 5.25. The van der Waals surface area contributed by atoms with E-state index in [0.29, 0.717) is 6.04 Å². The Hall–Kier alpha value is -1.23. The monoisotopic (exact) mass is 301 g/mol. The first kappa shape index (κ1) is 14.7. The van der Waals surface area contributed by atoms with Gasteiger partial charge in [0.25, 0.3) is 0 Å². The Balaban J connectivity index is 1.80. The molecule has 3 nitrogen and oxygen atoms in total. The third-order valence-electron chi connectivity index (χ3n) is 4.49. The van der Waals surface area contributed by atoms with Gasteiger partial charge in [-0.2, -0.15) is 0 Å². The summed E-state index contributed by atoms with van der Waals surface area (Å²) in [5.41, 5.74) is 3.32. The van der Waals surface area contributed by atoms with Crippen molar-refractivity contribution >= 4 is 11.3 Å². The van der Waals surface area contributed by atoms with E-state index in [1.165, 1.54) is 16.9 Å². The van der Waals surface area contributed by atoms with Crippen LogP contribution in [0.15, 0.2) is 42.0 Å². The van der Waals surface area contributed by atoms with E-state index < -0.39 is 0 Å². The van der Waals surface area contributed by atoms with Crippen LogP contribution in [-0.2, 0) is 12.1 Å². The molecule has 0 amide bonds. The van der Waals surface area contributed by atoms with Gasteiger partial charge in [0.1, 0.15) is 0 Å². The molecule has 112 valence electrons. The number of benzene rings is 1. The summed E-state index contributed by atoms with van der Waals surface area (Å²) in [6, 6.07) is 11.4. The van der Waals surface area contributed by atoms with Crippen LogP contribution >= 0.6 is 11.3 Å². The lowest BCUT2D eigenvalue weighted by atomic mass is 9.87. The van der Waals surface area contributed by atoms with Gasteiger partial charge < -0.3 is 5.32 Å². The number of rotatable bonds is 4. The number of aromatic nitrogens is 1. The number of hydrogen-bond donors (Lipinski definition) is 1. The quantitative estimate of drug-likeness (QED) is 0.939. The first-order chi connectivity index (χ1) is 10.2. The molecule has 1 saturated heterocycles. The molecule has 2 atom stereocenters. The topological polar surface area (TPSA) is 28.2 Å². The van der Waals surface area contributed by atoms with E-state index in [1.54, 1.807) is 11.3 Å². The third kappa shape index (κ3) is 3.18. The molecule has 1 aliphatic rings. The van der Waals surface area contributed by atoms with Gasteiger partial charge in [-0.3, -0.25) is 9.88 Å². The number of thiazole rings is 1. The molecule has 1 fully saturated rings. The molecule has 1 aromatic carbocycles. The number of hydrogen-bond acceptors (Lipinski definition) is 4. The average molecular weight is 301 g/mol. The van der Waals surface area contributed by atoms with Gasteiger partial charge in [-0.25, -0.2) is 0 Å². The maximum atomic E-state index is 4.21.